The molecule has 4 nitrogen and oxygen atoms in total. The van der Waals surface area contributed by atoms with Gasteiger partial charge in [-0.1, -0.05) is 0 Å². The lowest BCUT2D eigenvalue weighted by atomic mass is 10.4. The van der Waals surface area contributed by atoms with Gasteiger partial charge in [0.1, 0.15) is 18.3 Å². The maximum absolute atomic E-state index is 4.08. The predicted molar refractivity (Wildman–Crippen MR) is 43.4 cm³/mol. The van der Waals surface area contributed by atoms with E-state index in [9.17, 15) is 0 Å². The van der Waals surface area contributed by atoms with E-state index < -0.39 is 0 Å². The molecule has 0 aromatic rings. The van der Waals surface area contributed by atoms with Gasteiger partial charge in [0.15, 0.2) is 5.82 Å². The Morgan fingerprint density at radius 3 is 3.09 bits per heavy atom. The van der Waals surface area contributed by atoms with Gasteiger partial charge in [-0.15, -0.1) is 0 Å². The fraction of sp³-hybridized carbons (Fsp3) is 0.167. The van der Waals surface area contributed by atoms with E-state index in [0.717, 1.165) is 5.69 Å². The van der Waals surface area contributed by atoms with Gasteiger partial charge in [0, 0.05) is 12.5 Å². The van der Waals surface area contributed by atoms with Gasteiger partial charge in [-0.2, -0.15) is 0 Å². The first-order chi connectivity index (χ1) is 5.40. The lowest BCUT2D eigenvalue weighted by molar-refractivity contribution is 1.08. The van der Waals surface area contributed by atoms with Gasteiger partial charge >= 0.3 is 0 Å². The zero-order valence-electron chi connectivity index (χ0n) is 5.93. The van der Waals surface area contributed by atoms with E-state index >= 15 is 0 Å². The van der Waals surface area contributed by atoms with Gasteiger partial charge in [0.05, 0.1) is 0 Å². The largest absolute Gasteiger partial charge is 0.279 e. The lowest BCUT2D eigenvalue weighted by Gasteiger charge is -2.00. The molecule has 0 radical (unpaired) electrons. The van der Waals surface area contributed by atoms with Crippen LogP contribution in [-0.2, 0) is 0 Å². The fourth-order valence-corrected chi connectivity index (χ4v) is 1.17. The van der Waals surface area contributed by atoms with Crippen molar-refractivity contribution in [1.82, 2.24) is 18.9 Å². The molecule has 5 heteroatoms. The van der Waals surface area contributed by atoms with E-state index in [0.29, 0.717) is 5.82 Å². The number of fused-ring (bicyclic) bond motifs is 1. The Morgan fingerprint density at radius 2 is 2.27 bits per heavy atom. The van der Waals surface area contributed by atoms with Crippen molar-refractivity contribution >= 4 is 11.9 Å². The number of aromatic nitrogens is 4. The van der Waals surface area contributed by atoms with Crippen LogP contribution in [0, 0.1) is 0 Å². The Morgan fingerprint density at radius 1 is 1.36 bits per heavy atom. The number of hydrogen-bond acceptors (Lipinski definition) is 4. The maximum Gasteiger partial charge on any atom is 0.182 e. The molecule has 0 aromatic heterocycles. The highest BCUT2D eigenvalue weighted by Crippen LogP contribution is 2.13. The van der Waals surface area contributed by atoms with E-state index in [2.05, 4.69) is 15.0 Å². The fourth-order valence-electron chi connectivity index (χ4n) is 0.825. The third-order valence-corrected chi connectivity index (χ3v) is 1.98. The molecule has 11 heavy (non-hydrogen) atoms. The molecular formula is C6H6N4S. The van der Waals surface area contributed by atoms with Crippen LogP contribution in [0.2, 0.25) is 0 Å². The number of nitrogens with zero attached hydrogens (tertiary/aromatic N) is 4. The zero-order valence-corrected chi connectivity index (χ0v) is 6.75. The molecule has 2 aliphatic rings. The lowest BCUT2D eigenvalue weighted by Crippen LogP contribution is -1.92. The molecule has 0 spiro atoms. The topological polar surface area (TPSA) is 43.6 Å². The standard InChI is InChI=1S/C6H6N4S/c1-11-10-2-5-6(9-4-10)8-3-7-5/h2-4H,1H3. The Hall–Kier alpha value is -1.10. The second-order valence-corrected chi connectivity index (χ2v) is 2.79. The minimum Gasteiger partial charge on any atom is -0.279 e. The van der Waals surface area contributed by atoms with Crippen molar-refractivity contribution in [1.29, 1.82) is 0 Å². The monoisotopic (exact) mass is 166 g/mol. The summed E-state index contributed by atoms with van der Waals surface area (Å²) in [4.78, 5) is 12.0. The molecule has 2 heterocycles. The molecule has 0 atom stereocenters. The molecule has 0 bridgehead atoms. The van der Waals surface area contributed by atoms with Crippen LogP contribution in [0.1, 0.15) is 0 Å². The molecule has 0 fully saturated rings. The molecule has 0 amide bonds. The van der Waals surface area contributed by atoms with Crippen molar-refractivity contribution in [2.75, 3.05) is 6.26 Å². The summed E-state index contributed by atoms with van der Waals surface area (Å²) in [6.45, 7) is 0. The predicted octanol–water partition coefficient (Wildman–Crippen LogP) is 0.904. The summed E-state index contributed by atoms with van der Waals surface area (Å²) in [6, 6.07) is 0. The Kier molecular flexibility index (Phi) is 1.50. The summed E-state index contributed by atoms with van der Waals surface area (Å²) in [6.07, 6.45) is 7.12. The molecule has 0 N–H and O–H groups in total. The molecule has 0 aromatic carbocycles. The van der Waals surface area contributed by atoms with Gasteiger partial charge in [0.25, 0.3) is 0 Å². The summed E-state index contributed by atoms with van der Waals surface area (Å²) < 4.78 is 1.89. The van der Waals surface area contributed by atoms with Crippen LogP contribution in [0.5, 0.6) is 0 Å². The molecule has 0 aliphatic carbocycles. The summed E-state index contributed by atoms with van der Waals surface area (Å²) in [7, 11) is 0. The van der Waals surface area contributed by atoms with Crippen molar-refractivity contribution in [2.24, 2.45) is 0 Å². The van der Waals surface area contributed by atoms with E-state index in [1.165, 1.54) is 6.33 Å². The van der Waals surface area contributed by atoms with E-state index in [1.807, 2.05) is 16.4 Å². The third-order valence-electron chi connectivity index (χ3n) is 1.36. The van der Waals surface area contributed by atoms with Crippen LogP contribution in [0.3, 0.4) is 0 Å². The van der Waals surface area contributed by atoms with E-state index in [1.54, 1.807) is 18.3 Å². The molecule has 2 rings (SSSR count). The highest BCUT2D eigenvalue weighted by molar-refractivity contribution is 7.97. The smallest absolute Gasteiger partial charge is 0.182 e. The summed E-state index contributed by atoms with van der Waals surface area (Å²) in [5.74, 6) is 0.704. The Labute approximate surface area is 68.2 Å². The van der Waals surface area contributed by atoms with Crippen LogP contribution < -0.4 is 0 Å². The molecule has 0 saturated carbocycles. The summed E-state index contributed by atoms with van der Waals surface area (Å²) in [5, 5.41) is 0. The van der Waals surface area contributed by atoms with Crippen molar-refractivity contribution in [3.05, 3.63) is 18.9 Å². The normalized spacial score (nSPS) is 10.6. The van der Waals surface area contributed by atoms with Gasteiger partial charge < -0.3 is 0 Å². The van der Waals surface area contributed by atoms with Crippen LogP contribution in [0.25, 0.3) is 11.5 Å². The van der Waals surface area contributed by atoms with Crippen molar-refractivity contribution in [2.45, 2.75) is 0 Å². The van der Waals surface area contributed by atoms with Crippen LogP contribution in [0.15, 0.2) is 18.9 Å². The molecule has 2 aliphatic heterocycles. The molecular weight excluding hydrogens is 160 g/mol. The van der Waals surface area contributed by atoms with Crippen molar-refractivity contribution < 1.29 is 0 Å². The third kappa shape index (κ3) is 1.07. The SMILES string of the molecule is CSn1cnc2ncnc-2c1. The Bertz CT molecular complexity index is 331. The van der Waals surface area contributed by atoms with E-state index in [4.69, 9.17) is 0 Å². The number of hydrogen-bond donors (Lipinski definition) is 0. The summed E-state index contributed by atoms with van der Waals surface area (Å²) in [5.41, 5.74) is 0.835. The van der Waals surface area contributed by atoms with Gasteiger partial charge in [-0.25, -0.2) is 15.0 Å². The average molecular weight is 166 g/mol. The summed E-state index contributed by atoms with van der Waals surface area (Å²) >= 11 is 1.57. The molecule has 0 saturated heterocycles. The second-order valence-electron chi connectivity index (χ2n) is 2.00. The van der Waals surface area contributed by atoms with Crippen LogP contribution >= 0.6 is 11.9 Å². The molecule has 0 unspecified atom stereocenters. The van der Waals surface area contributed by atoms with Gasteiger partial charge in [0.2, 0.25) is 0 Å². The van der Waals surface area contributed by atoms with Crippen LogP contribution in [-0.4, -0.2) is 25.2 Å². The second kappa shape index (κ2) is 2.50. The maximum atomic E-state index is 4.08. The van der Waals surface area contributed by atoms with Crippen molar-refractivity contribution in [3.63, 3.8) is 0 Å². The number of rotatable bonds is 1. The van der Waals surface area contributed by atoms with Gasteiger partial charge in [-0.05, 0) is 11.9 Å². The minimum absolute atomic E-state index is 0.704. The quantitative estimate of drug-likeness (QED) is 0.631. The van der Waals surface area contributed by atoms with Gasteiger partial charge in [-0.3, -0.25) is 3.97 Å². The first kappa shape index (κ1) is 6.60. The first-order valence-corrected chi connectivity index (χ1v) is 4.27. The Balaban J connectivity index is 2.59. The highest BCUT2D eigenvalue weighted by atomic mass is 32.2. The van der Waals surface area contributed by atoms with Crippen LogP contribution in [0.4, 0.5) is 0 Å². The average Bonchev–Trinajstić information content (AvgIpc) is 2.50. The molecule has 56 valence electrons. The van der Waals surface area contributed by atoms with E-state index in [-0.39, 0.29) is 0 Å². The number of imidazole rings is 1. The highest BCUT2D eigenvalue weighted by Gasteiger charge is 2.05. The minimum atomic E-state index is 0.704. The van der Waals surface area contributed by atoms with Crippen molar-refractivity contribution in [3.8, 4) is 11.5 Å². The first-order valence-electron chi connectivity index (χ1n) is 3.09. The zero-order chi connectivity index (χ0) is 7.68.